The van der Waals surface area contributed by atoms with Gasteiger partial charge in [-0.25, -0.2) is 0 Å². The summed E-state index contributed by atoms with van der Waals surface area (Å²) in [6.45, 7) is 2.14. The summed E-state index contributed by atoms with van der Waals surface area (Å²) in [5.41, 5.74) is 5.56. The second-order valence-corrected chi connectivity index (χ2v) is 6.45. The summed E-state index contributed by atoms with van der Waals surface area (Å²) in [5.74, 6) is 0. The van der Waals surface area contributed by atoms with Crippen LogP contribution in [0.25, 0.3) is 0 Å². The molecule has 0 aromatic rings. The Morgan fingerprint density at radius 3 is 1.48 bits per heavy atom. The monoisotopic (exact) mass is 301 g/mol. The Hall–Kier alpha value is -0.120. The van der Waals surface area contributed by atoms with Crippen molar-refractivity contribution in [1.82, 2.24) is 0 Å². The van der Waals surface area contributed by atoms with Crippen LogP contribution < -0.4 is 5.73 Å². The first kappa shape index (κ1) is 20.9. The lowest BCUT2D eigenvalue weighted by molar-refractivity contribution is 0.0990. The summed E-state index contributed by atoms with van der Waals surface area (Å²) in [4.78, 5) is 0. The van der Waals surface area contributed by atoms with Gasteiger partial charge in [-0.05, 0) is 6.42 Å². The molecule has 0 aliphatic carbocycles. The van der Waals surface area contributed by atoms with Crippen LogP contribution in [0, 0.1) is 0 Å². The fourth-order valence-electron chi connectivity index (χ4n) is 2.71. The largest absolute Gasteiger partial charge is 0.395 e. The molecule has 4 N–H and O–H groups in total. The van der Waals surface area contributed by atoms with Gasteiger partial charge in [0.2, 0.25) is 0 Å². The summed E-state index contributed by atoms with van der Waals surface area (Å²) in [7, 11) is 0. The van der Waals surface area contributed by atoms with Crippen molar-refractivity contribution >= 4 is 0 Å². The van der Waals surface area contributed by atoms with Gasteiger partial charge in [-0.2, -0.15) is 0 Å². The molecule has 0 aromatic carbocycles. The lowest BCUT2D eigenvalue weighted by Gasteiger charge is -2.15. The molecule has 0 bridgehead atoms. The molecule has 1 unspecified atom stereocenters. The molecular formula is C18H39NO2. The van der Waals surface area contributed by atoms with Crippen LogP contribution in [0.5, 0.6) is 0 Å². The van der Waals surface area contributed by atoms with E-state index in [9.17, 15) is 5.11 Å². The van der Waals surface area contributed by atoms with Crippen LogP contribution in [0.1, 0.15) is 96.8 Å². The minimum Gasteiger partial charge on any atom is -0.395 e. The highest BCUT2D eigenvalue weighted by molar-refractivity contribution is 4.70. The normalized spacial score (nSPS) is 14.3. The average molecular weight is 302 g/mol. The van der Waals surface area contributed by atoms with Gasteiger partial charge in [0.15, 0.2) is 0 Å². The number of nitrogens with two attached hydrogens (primary N) is 1. The number of aliphatic hydroxyl groups is 2. The molecule has 0 spiro atoms. The molecule has 0 amide bonds. The van der Waals surface area contributed by atoms with E-state index < -0.39 is 12.1 Å². The van der Waals surface area contributed by atoms with Crippen LogP contribution in [0.3, 0.4) is 0 Å². The minimum atomic E-state index is -0.539. The van der Waals surface area contributed by atoms with Crippen LogP contribution in [0.2, 0.25) is 0 Å². The van der Waals surface area contributed by atoms with Crippen molar-refractivity contribution in [2.75, 3.05) is 6.61 Å². The van der Waals surface area contributed by atoms with Gasteiger partial charge >= 0.3 is 0 Å². The standard InChI is InChI=1S/C18H39NO2/c1-2-3-4-5-6-7-8-9-10-11-12-13-14-15-18(21)17(19)16-20/h17-18,20-21H,2-16,19H2,1H3/t17?,18-/m1/s1. The highest BCUT2D eigenvalue weighted by Gasteiger charge is 2.12. The van der Waals surface area contributed by atoms with Gasteiger partial charge in [-0.15, -0.1) is 0 Å². The Labute approximate surface area is 132 Å². The van der Waals surface area contributed by atoms with Crippen molar-refractivity contribution in [2.45, 2.75) is 109 Å². The molecule has 0 rings (SSSR count). The highest BCUT2D eigenvalue weighted by atomic mass is 16.3. The molecule has 0 aromatic heterocycles. The van der Waals surface area contributed by atoms with E-state index in [0.717, 1.165) is 12.8 Å². The second kappa shape index (κ2) is 16.3. The Morgan fingerprint density at radius 2 is 1.10 bits per heavy atom. The van der Waals surface area contributed by atoms with E-state index in [2.05, 4.69) is 6.92 Å². The fourth-order valence-corrected chi connectivity index (χ4v) is 2.71. The van der Waals surface area contributed by atoms with Gasteiger partial charge < -0.3 is 15.9 Å². The highest BCUT2D eigenvalue weighted by Crippen LogP contribution is 2.13. The van der Waals surface area contributed by atoms with Crippen molar-refractivity contribution < 1.29 is 10.2 Å². The van der Waals surface area contributed by atoms with Crippen molar-refractivity contribution in [3.8, 4) is 0 Å². The zero-order valence-electron chi connectivity index (χ0n) is 14.2. The van der Waals surface area contributed by atoms with E-state index in [1.807, 2.05) is 0 Å². The predicted octanol–water partition coefficient (Wildman–Crippen LogP) is 4.15. The lowest BCUT2D eigenvalue weighted by Crippen LogP contribution is -2.37. The molecule has 0 heterocycles. The van der Waals surface area contributed by atoms with Crippen LogP contribution >= 0.6 is 0 Å². The van der Waals surface area contributed by atoms with E-state index in [1.54, 1.807) is 0 Å². The van der Waals surface area contributed by atoms with Crippen molar-refractivity contribution in [2.24, 2.45) is 5.73 Å². The second-order valence-electron chi connectivity index (χ2n) is 6.45. The molecule has 3 heteroatoms. The number of hydrogen-bond acceptors (Lipinski definition) is 3. The zero-order chi connectivity index (χ0) is 15.8. The molecule has 3 nitrogen and oxygen atoms in total. The lowest BCUT2D eigenvalue weighted by atomic mass is 10.0. The molecule has 0 radical (unpaired) electrons. The van der Waals surface area contributed by atoms with Crippen molar-refractivity contribution in [1.29, 1.82) is 0 Å². The molecule has 128 valence electrons. The van der Waals surface area contributed by atoms with E-state index in [0.29, 0.717) is 0 Å². The van der Waals surface area contributed by atoms with Crippen LogP contribution in [0.4, 0.5) is 0 Å². The first-order valence-corrected chi connectivity index (χ1v) is 9.26. The van der Waals surface area contributed by atoms with Gasteiger partial charge in [0.1, 0.15) is 0 Å². The maximum atomic E-state index is 9.61. The Kier molecular flexibility index (Phi) is 16.2. The fraction of sp³-hybridized carbons (Fsp3) is 1.00. The number of unbranched alkanes of at least 4 members (excludes halogenated alkanes) is 12. The van der Waals surface area contributed by atoms with Crippen molar-refractivity contribution in [3.63, 3.8) is 0 Å². The molecule has 0 saturated carbocycles. The topological polar surface area (TPSA) is 66.5 Å². The Bertz CT molecular complexity index is 200. The van der Waals surface area contributed by atoms with E-state index in [4.69, 9.17) is 10.8 Å². The quantitative estimate of drug-likeness (QED) is 0.375. The molecular weight excluding hydrogens is 262 g/mol. The molecule has 0 saturated heterocycles. The van der Waals surface area contributed by atoms with Crippen LogP contribution in [0.15, 0.2) is 0 Å². The number of rotatable bonds is 16. The summed E-state index contributed by atoms with van der Waals surface area (Å²) >= 11 is 0. The van der Waals surface area contributed by atoms with Gasteiger partial charge in [-0.3, -0.25) is 0 Å². The maximum absolute atomic E-state index is 9.61. The summed E-state index contributed by atoms with van der Waals surface area (Å²) in [5, 5.41) is 18.4. The van der Waals surface area contributed by atoms with Crippen molar-refractivity contribution in [3.05, 3.63) is 0 Å². The maximum Gasteiger partial charge on any atom is 0.0713 e. The first-order valence-electron chi connectivity index (χ1n) is 9.26. The predicted molar refractivity (Wildman–Crippen MR) is 91.4 cm³/mol. The average Bonchev–Trinajstić information content (AvgIpc) is 2.50. The van der Waals surface area contributed by atoms with Crippen LogP contribution in [-0.4, -0.2) is 29.0 Å². The third-order valence-electron chi connectivity index (χ3n) is 4.31. The molecule has 2 atom stereocenters. The summed E-state index contributed by atoms with van der Waals surface area (Å²) in [6.07, 6.45) is 17.5. The zero-order valence-corrected chi connectivity index (χ0v) is 14.2. The van der Waals surface area contributed by atoms with E-state index in [-0.39, 0.29) is 6.61 Å². The van der Waals surface area contributed by atoms with Gasteiger partial charge in [0, 0.05) is 0 Å². The summed E-state index contributed by atoms with van der Waals surface area (Å²) in [6, 6.07) is -0.470. The number of aliphatic hydroxyl groups excluding tert-OH is 2. The molecule has 0 aliphatic heterocycles. The SMILES string of the molecule is CCCCCCCCCCCCCCC[C@@H](O)C(N)CO. The van der Waals surface area contributed by atoms with Gasteiger partial charge in [0.05, 0.1) is 18.8 Å². The van der Waals surface area contributed by atoms with E-state index in [1.165, 1.54) is 77.0 Å². The van der Waals surface area contributed by atoms with Crippen LogP contribution in [-0.2, 0) is 0 Å². The van der Waals surface area contributed by atoms with Gasteiger partial charge in [0.25, 0.3) is 0 Å². The van der Waals surface area contributed by atoms with Gasteiger partial charge in [-0.1, -0.05) is 90.4 Å². The minimum absolute atomic E-state index is 0.125. The smallest absolute Gasteiger partial charge is 0.0713 e. The summed E-state index contributed by atoms with van der Waals surface area (Å²) < 4.78 is 0. The Balaban J connectivity index is 3.09. The molecule has 0 aliphatic rings. The molecule has 21 heavy (non-hydrogen) atoms. The Morgan fingerprint density at radius 1 is 0.714 bits per heavy atom. The third-order valence-corrected chi connectivity index (χ3v) is 4.31. The van der Waals surface area contributed by atoms with E-state index >= 15 is 0 Å². The number of hydrogen-bond donors (Lipinski definition) is 3. The molecule has 0 fully saturated rings. The third kappa shape index (κ3) is 14.6. The first-order chi connectivity index (χ1) is 10.2.